The van der Waals surface area contributed by atoms with Crippen LogP contribution in [0.3, 0.4) is 0 Å². The Labute approximate surface area is 109 Å². The van der Waals surface area contributed by atoms with Crippen molar-refractivity contribution in [2.45, 2.75) is 45.3 Å². The van der Waals surface area contributed by atoms with Gasteiger partial charge >= 0.3 is 11.9 Å². The predicted octanol–water partition coefficient (Wildman–Crippen LogP) is 0.813. The quantitative estimate of drug-likeness (QED) is 0.395. The van der Waals surface area contributed by atoms with E-state index in [2.05, 4.69) is 0 Å². The van der Waals surface area contributed by atoms with E-state index in [1.807, 2.05) is 39.3 Å². The Bertz CT molecular complexity index is 218. The fourth-order valence-corrected chi connectivity index (χ4v) is 4.10. The highest BCUT2D eigenvalue weighted by atomic mass is 28.3. The van der Waals surface area contributed by atoms with Crippen molar-refractivity contribution < 1.29 is 22.8 Å². The lowest BCUT2D eigenvalue weighted by Crippen LogP contribution is -2.54. The first-order valence-electron chi connectivity index (χ1n) is 5.85. The minimum Gasteiger partial charge on any atom is -0.463 e. The molecule has 102 valence electrons. The first kappa shape index (κ1) is 17.0. The molecule has 5 nitrogen and oxygen atoms in total. The molecular formula is C9H24O5Si3. The largest absolute Gasteiger partial charge is 0.463 e. The average molecular weight is 297 g/mol. The zero-order valence-electron chi connectivity index (χ0n) is 11.8. The van der Waals surface area contributed by atoms with Gasteiger partial charge in [-0.3, -0.25) is 0 Å². The van der Waals surface area contributed by atoms with Crippen LogP contribution >= 0.6 is 0 Å². The summed E-state index contributed by atoms with van der Waals surface area (Å²) in [5.74, 6) is -2.18. The van der Waals surface area contributed by atoms with E-state index in [-0.39, 0.29) is 0 Å². The minimum absolute atomic E-state index is 0.582. The molecule has 0 atom stereocenters. The van der Waals surface area contributed by atoms with Gasteiger partial charge in [0.15, 0.2) is 27.1 Å². The molecule has 0 aliphatic carbocycles. The van der Waals surface area contributed by atoms with Gasteiger partial charge in [-0.25, -0.2) is 4.79 Å². The summed E-state index contributed by atoms with van der Waals surface area (Å²) >= 11 is 0. The summed E-state index contributed by atoms with van der Waals surface area (Å²) in [6.45, 7) is 11.8. The highest BCUT2D eigenvalue weighted by Crippen LogP contribution is 2.21. The molecule has 0 bridgehead atoms. The van der Waals surface area contributed by atoms with E-state index in [0.717, 1.165) is 0 Å². The number of carbonyl (C=O) groups excluding carboxylic acids is 1. The number of esters is 1. The molecule has 0 saturated heterocycles. The van der Waals surface area contributed by atoms with E-state index in [1.165, 1.54) is 7.11 Å². The third kappa shape index (κ3) is 5.93. The van der Waals surface area contributed by atoms with Crippen LogP contribution in [0, 0.1) is 0 Å². The SMILES string of the molecule is COC(=O)C(O[SiH](C)C)(O[SiH](C)C)O[SiH](C)C. The summed E-state index contributed by atoms with van der Waals surface area (Å²) in [4.78, 5) is 11.9. The second-order valence-electron chi connectivity index (χ2n) is 4.55. The highest BCUT2D eigenvalue weighted by Gasteiger charge is 2.46. The number of ether oxygens (including phenoxy) is 1. The summed E-state index contributed by atoms with van der Waals surface area (Å²) in [5, 5.41) is 0. The molecule has 0 aromatic rings. The summed E-state index contributed by atoms with van der Waals surface area (Å²) < 4.78 is 21.9. The zero-order chi connectivity index (χ0) is 13.6. The Morgan fingerprint density at radius 3 is 1.29 bits per heavy atom. The molecule has 17 heavy (non-hydrogen) atoms. The molecule has 0 aliphatic heterocycles. The molecule has 0 aliphatic rings. The molecule has 0 aromatic heterocycles. The van der Waals surface area contributed by atoms with Crippen LogP contribution < -0.4 is 0 Å². The molecule has 0 N–H and O–H groups in total. The van der Waals surface area contributed by atoms with Crippen molar-refractivity contribution in [3.63, 3.8) is 0 Å². The normalized spacial score (nSPS) is 12.6. The van der Waals surface area contributed by atoms with E-state index >= 15 is 0 Å². The number of carbonyl (C=O) groups is 1. The molecule has 0 radical (unpaired) electrons. The van der Waals surface area contributed by atoms with Crippen LogP contribution in [-0.4, -0.2) is 46.2 Å². The van der Waals surface area contributed by atoms with Crippen LogP contribution in [0.1, 0.15) is 0 Å². The van der Waals surface area contributed by atoms with Gasteiger partial charge in [0.1, 0.15) is 0 Å². The summed E-state index contributed by atoms with van der Waals surface area (Å²) in [5.41, 5.74) is 0. The minimum atomic E-state index is -1.60. The van der Waals surface area contributed by atoms with Gasteiger partial charge in [-0.15, -0.1) is 0 Å². The second kappa shape index (κ2) is 7.44. The monoisotopic (exact) mass is 296 g/mol. The van der Waals surface area contributed by atoms with Gasteiger partial charge in [0.25, 0.3) is 0 Å². The van der Waals surface area contributed by atoms with Gasteiger partial charge in [-0.1, -0.05) is 0 Å². The third-order valence-corrected chi connectivity index (χ3v) is 3.95. The Balaban J connectivity index is 5.11. The first-order chi connectivity index (χ1) is 7.73. The standard InChI is InChI=1S/C9H24O5Si3/c1-11-8(10)9(12-15(2)3,13-16(4)5)14-17(6)7/h15-17H,1-7H3. The molecular weight excluding hydrogens is 272 g/mol. The number of methoxy groups -OCH3 is 1. The molecule has 8 heteroatoms. The zero-order valence-corrected chi connectivity index (χ0v) is 15.2. The number of hydrogen-bond acceptors (Lipinski definition) is 5. The van der Waals surface area contributed by atoms with Crippen molar-refractivity contribution in [2.24, 2.45) is 0 Å². The van der Waals surface area contributed by atoms with Gasteiger partial charge in [0.05, 0.1) is 7.11 Å². The van der Waals surface area contributed by atoms with Crippen LogP contribution in [0.2, 0.25) is 39.3 Å². The van der Waals surface area contributed by atoms with Gasteiger partial charge in [0, 0.05) is 0 Å². The Hall–Kier alpha value is 0.000649. The van der Waals surface area contributed by atoms with E-state index in [9.17, 15) is 4.79 Å². The van der Waals surface area contributed by atoms with Gasteiger partial charge < -0.3 is 18.0 Å². The lowest BCUT2D eigenvalue weighted by atomic mass is 10.6. The molecule has 0 amide bonds. The van der Waals surface area contributed by atoms with Gasteiger partial charge in [-0.05, 0) is 39.3 Å². The molecule has 0 heterocycles. The van der Waals surface area contributed by atoms with Gasteiger partial charge in [-0.2, -0.15) is 0 Å². The fourth-order valence-electron chi connectivity index (χ4n) is 1.28. The maximum atomic E-state index is 11.9. The van der Waals surface area contributed by atoms with E-state index < -0.39 is 39.1 Å². The van der Waals surface area contributed by atoms with Gasteiger partial charge in [0.2, 0.25) is 0 Å². The molecule has 0 spiro atoms. The van der Waals surface area contributed by atoms with E-state index in [4.69, 9.17) is 18.0 Å². The van der Waals surface area contributed by atoms with Crippen molar-refractivity contribution in [1.29, 1.82) is 0 Å². The number of hydrogen-bond donors (Lipinski definition) is 0. The summed E-state index contributed by atoms with van der Waals surface area (Å²) in [6.07, 6.45) is 0. The molecule has 0 rings (SSSR count). The first-order valence-corrected chi connectivity index (χ1v) is 14.2. The predicted molar refractivity (Wildman–Crippen MR) is 74.6 cm³/mol. The summed E-state index contributed by atoms with van der Waals surface area (Å²) in [7, 11) is -3.15. The molecule has 0 aromatic carbocycles. The summed E-state index contributed by atoms with van der Waals surface area (Å²) in [6, 6.07) is 0. The van der Waals surface area contributed by atoms with Crippen molar-refractivity contribution >= 4 is 33.1 Å². The lowest BCUT2D eigenvalue weighted by Gasteiger charge is -2.35. The van der Waals surface area contributed by atoms with Crippen LogP contribution in [-0.2, 0) is 22.8 Å². The topological polar surface area (TPSA) is 54.0 Å². The third-order valence-electron chi connectivity index (χ3n) is 1.61. The Morgan fingerprint density at radius 1 is 0.824 bits per heavy atom. The van der Waals surface area contributed by atoms with E-state index in [1.54, 1.807) is 0 Å². The molecule has 0 fully saturated rings. The van der Waals surface area contributed by atoms with Crippen molar-refractivity contribution in [3.8, 4) is 0 Å². The highest BCUT2D eigenvalue weighted by molar-refractivity contribution is 6.51. The lowest BCUT2D eigenvalue weighted by molar-refractivity contribution is -0.264. The molecule has 0 unspecified atom stereocenters. The van der Waals surface area contributed by atoms with Crippen LogP contribution in [0.5, 0.6) is 0 Å². The average Bonchev–Trinajstić information content (AvgIpc) is 2.12. The molecule has 0 saturated carbocycles. The van der Waals surface area contributed by atoms with Crippen LogP contribution in [0.15, 0.2) is 0 Å². The maximum absolute atomic E-state index is 11.9. The fraction of sp³-hybridized carbons (Fsp3) is 0.889. The van der Waals surface area contributed by atoms with Crippen LogP contribution in [0.25, 0.3) is 0 Å². The van der Waals surface area contributed by atoms with Crippen molar-refractivity contribution in [2.75, 3.05) is 7.11 Å². The Kier molecular flexibility index (Phi) is 7.44. The van der Waals surface area contributed by atoms with Crippen LogP contribution in [0.4, 0.5) is 0 Å². The second-order valence-corrected chi connectivity index (χ2v) is 11.5. The van der Waals surface area contributed by atoms with Crippen molar-refractivity contribution in [3.05, 3.63) is 0 Å². The smallest absolute Gasteiger partial charge is 0.394 e. The Morgan fingerprint density at radius 2 is 1.12 bits per heavy atom. The van der Waals surface area contributed by atoms with E-state index in [0.29, 0.717) is 0 Å². The maximum Gasteiger partial charge on any atom is 0.394 e. The van der Waals surface area contributed by atoms with Crippen molar-refractivity contribution in [1.82, 2.24) is 0 Å². The number of rotatable bonds is 7.